The fourth-order valence-corrected chi connectivity index (χ4v) is 4.02. The van der Waals surface area contributed by atoms with Crippen LogP contribution in [0.15, 0.2) is 35.7 Å². The molecule has 2 rings (SSSR count). The summed E-state index contributed by atoms with van der Waals surface area (Å²) in [5.41, 5.74) is 2.09. The molecule has 0 aliphatic carbocycles. The second kappa shape index (κ2) is 12.1. The van der Waals surface area contributed by atoms with E-state index in [0.29, 0.717) is 24.5 Å². The molecule has 0 fully saturated rings. The van der Waals surface area contributed by atoms with Crippen molar-refractivity contribution in [3.8, 4) is 0 Å². The summed E-state index contributed by atoms with van der Waals surface area (Å²) in [5.74, 6) is -1.41. The molecule has 0 spiro atoms. The summed E-state index contributed by atoms with van der Waals surface area (Å²) < 4.78 is 0. The summed E-state index contributed by atoms with van der Waals surface area (Å²) >= 11 is 7.68. The number of nitrogens with one attached hydrogen (secondary N) is 1. The predicted octanol–water partition coefficient (Wildman–Crippen LogP) is 2.98. The van der Waals surface area contributed by atoms with Gasteiger partial charge in [0.15, 0.2) is 12.2 Å². The molecule has 1 aromatic carbocycles. The van der Waals surface area contributed by atoms with E-state index in [1.165, 1.54) is 16.2 Å². The third kappa shape index (κ3) is 6.80. The average Bonchev–Trinajstić information content (AvgIpc) is 3.20. The van der Waals surface area contributed by atoms with Gasteiger partial charge in [-0.2, -0.15) is 0 Å². The van der Waals surface area contributed by atoms with E-state index in [1.54, 1.807) is 6.92 Å². The Labute approximate surface area is 186 Å². The van der Waals surface area contributed by atoms with Crippen molar-refractivity contribution in [3.63, 3.8) is 0 Å². The molecular formula is C22H29ClN2O4S. The Hall–Kier alpha value is -1.93. The molecule has 2 unspecified atom stereocenters. The first-order valence-electron chi connectivity index (χ1n) is 10.1. The standard InChI is InChI=1S/C22H29ClN2O4S/c1-3-5-10-25(4-2)22(29)20(27)19(26)21(28)24-13-17-12-15(14-30-17)11-16-8-6-7-9-18(16)23/h6-9,12,14,19-20,26-27H,3-5,10-11,13H2,1-2H3,(H,24,28). The number of aliphatic hydroxyl groups is 2. The third-order valence-corrected chi connectivity index (χ3v) is 6.15. The number of benzene rings is 1. The first-order valence-corrected chi connectivity index (χ1v) is 11.3. The third-order valence-electron chi connectivity index (χ3n) is 4.79. The number of halogens is 1. The first-order chi connectivity index (χ1) is 14.4. The lowest BCUT2D eigenvalue weighted by Crippen LogP contribution is -2.50. The lowest BCUT2D eigenvalue weighted by molar-refractivity contribution is -0.153. The van der Waals surface area contributed by atoms with Gasteiger partial charge in [-0.15, -0.1) is 11.3 Å². The quantitative estimate of drug-likeness (QED) is 0.489. The van der Waals surface area contributed by atoms with Crippen molar-refractivity contribution < 1.29 is 19.8 Å². The Bertz CT molecular complexity index is 842. The zero-order valence-corrected chi connectivity index (χ0v) is 18.9. The molecule has 0 radical (unpaired) electrons. The van der Waals surface area contributed by atoms with Gasteiger partial charge in [0, 0.05) is 23.0 Å². The zero-order valence-electron chi connectivity index (χ0n) is 17.3. The van der Waals surface area contributed by atoms with E-state index in [1.807, 2.05) is 42.6 Å². The summed E-state index contributed by atoms with van der Waals surface area (Å²) in [6.07, 6.45) is -1.20. The molecule has 1 aromatic heterocycles. The topological polar surface area (TPSA) is 89.9 Å². The molecule has 6 nitrogen and oxygen atoms in total. The number of hydrogen-bond acceptors (Lipinski definition) is 5. The number of thiophene rings is 1. The van der Waals surface area contributed by atoms with Crippen LogP contribution in [0.3, 0.4) is 0 Å². The molecule has 3 N–H and O–H groups in total. The van der Waals surface area contributed by atoms with Crippen molar-refractivity contribution >= 4 is 34.8 Å². The molecule has 0 bridgehead atoms. The molecule has 2 atom stereocenters. The highest BCUT2D eigenvalue weighted by Gasteiger charge is 2.32. The number of likely N-dealkylation sites (N-methyl/N-ethyl adjacent to an activating group) is 1. The molecular weight excluding hydrogens is 424 g/mol. The first kappa shape index (κ1) is 24.3. The molecule has 0 aliphatic rings. The number of hydrogen-bond donors (Lipinski definition) is 3. The number of carbonyl (C=O) groups excluding carboxylic acids is 2. The van der Waals surface area contributed by atoms with Gasteiger partial charge >= 0.3 is 0 Å². The van der Waals surface area contributed by atoms with Crippen LogP contribution in [0.4, 0.5) is 0 Å². The minimum Gasteiger partial charge on any atom is -0.380 e. The highest BCUT2D eigenvalue weighted by molar-refractivity contribution is 7.10. The fourth-order valence-electron chi connectivity index (χ4n) is 2.99. The number of amides is 2. The van der Waals surface area contributed by atoms with Crippen LogP contribution in [0, 0.1) is 0 Å². The minimum absolute atomic E-state index is 0.206. The lowest BCUT2D eigenvalue weighted by atomic mass is 10.1. The normalized spacial score (nSPS) is 13.0. The molecule has 1 heterocycles. The number of unbranched alkanes of at least 4 members (excludes halogenated alkanes) is 1. The summed E-state index contributed by atoms with van der Waals surface area (Å²) in [5, 5.41) is 25.5. The largest absolute Gasteiger partial charge is 0.380 e. The second-order valence-electron chi connectivity index (χ2n) is 7.07. The van der Waals surface area contributed by atoms with Gasteiger partial charge in [-0.25, -0.2) is 0 Å². The number of nitrogens with zero attached hydrogens (tertiary/aromatic N) is 1. The van der Waals surface area contributed by atoms with Crippen LogP contribution in [0.1, 0.15) is 42.7 Å². The van der Waals surface area contributed by atoms with Crippen LogP contribution in [0.2, 0.25) is 5.02 Å². The monoisotopic (exact) mass is 452 g/mol. The maximum absolute atomic E-state index is 12.3. The number of rotatable bonds is 11. The van der Waals surface area contributed by atoms with Crippen molar-refractivity contribution in [1.29, 1.82) is 0 Å². The maximum atomic E-state index is 12.3. The van der Waals surface area contributed by atoms with Crippen molar-refractivity contribution in [2.45, 2.75) is 51.9 Å². The van der Waals surface area contributed by atoms with E-state index < -0.39 is 24.0 Å². The maximum Gasteiger partial charge on any atom is 0.254 e. The molecule has 2 amide bonds. The van der Waals surface area contributed by atoms with Crippen molar-refractivity contribution in [2.24, 2.45) is 0 Å². The second-order valence-corrected chi connectivity index (χ2v) is 8.47. The van der Waals surface area contributed by atoms with Crippen molar-refractivity contribution in [3.05, 3.63) is 56.7 Å². The molecule has 2 aromatic rings. The summed E-state index contributed by atoms with van der Waals surface area (Å²) in [6.45, 7) is 4.90. The van der Waals surface area contributed by atoms with Gasteiger partial charge in [0.2, 0.25) is 0 Å². The smallest absolute Gasteiger partial charge is 0.254 e. The van der Waals surface area contributed by atoms with Gasteiger partial charge in [0.05, 0.1) is 6.54 Å². The van der Waals surface area contributed by atoms with E-state index in [4.69, 9.17) is 11.6 Å². The molecule has 8 heteroatoms. The van der Waals surface area contributed by atoms with E-state index in [9.17, 15) is 19.8 Å². The highest BCUT2D eigenvalue weighted by Crippen LogP contribution is 2.22. The molecule has 30 heavy (non-hydrogen) atoms. The highest BCUT2D eigenvalue weighted by atomic mass is 35.5. The molecule has 0 saturated heterocycles. The number of carbonyl (C=O) groups is 2. The van der Waals surface area contributed by atoms with Crippen molar-refractivity contribution in [1.82, 2.24) is 10.2 Å². The van der Waals surface area contributed by atoms with E-state index in [2.05, 4.69) is 5.32 Å². The van der Waals surface area contributed by atoms with Crippen molar-refractivity contribution in [2.75, 3.05) is 13.1 Å². The van der Waals surface area contributed by atoms with E-state index in [0.717, 1.165) is 28.8 Å². The Kier molecular flexibility index (Phi) is 9.78. The fraction of sp³-hybridized carbons (Fsp3) is 0.455. The average molecular weight is 453 g/mol. The van der Waals surface area contributed by atoms with Crippen LogP contribution in [0.25, 0.3) is 0 Å². The summed E-state index contributed by atoms with van der Waals surface area (Å²) in [7, 11) is 0. The summed E-state index contributed by atoms with van der Waals surface area (Å²) in [6, 6.07) is 9.60. The van der Waals surface area contributed by atoms with Crippen LogP contribution in [-0.4, -0.2) is 52.2 Å². The van der Waals surface area contributed by atoms with Gasteiger partial charge in [-0.1, -0.05) is 43.1 Å². The molecule has 0 aliphatic heterocycles. The molecule has 164 valence electrons. The van der Waals surface area contributed by atoms with Crippen LogP contribution < -0.4 is 5.32 Å². The van der Waals surface area contributed by atoms with E-state index >= 15 is 0 Å². The Morgan fingerprint density at radius 1 is 1.20 bits per heavy atom. The Balaban J connectivity index is 1.88. The van der Waals surface area contributed by atoms with Gasteiger partial charge in [0.25, 0.3) is 11.8 Å². The Morgan fingerprint density at radius 2 is 1.93 bits per heavy atom. The van der Waals surface area contributed by atoms with Crippen LogP contribution in [0.5, 0.6) is 0 Å². The van der Waals surface area contributed by atoms with Crippen LogP contribution in [-0.2, 0) is 22.6 Å². The minimum atomic E-state index is -1.81. The van der Waals surface area contributed by atoms with Gasteiger partial charge < -0.3 is 20.4 Å². The van der Waals surface area contributed by atoms with E-state index in [-0.39, 0.29) is 6.54 Å². The SMILES string of the molecule is CCCCN(CC)C(=O)C(O)C(O)C(=O)NCc1cc(Cc2ccccc2Cl)cs1. The predicted molar refractivity (Wildman–Crippen MR) is 120 cm³/mol. The van der Waals surface area contributed by atoms with Gasteiger partial charge in [0.1, 0.15) is 0 Å². The molecule has 0 saturated carbocycles. The zero-order chi connectivity index (χ0) is 22.1. The van der Waals surface area contributed by atoms with Crippen LogP contribution >= 0.6 is 22.9 Å². The van der Waals surface area contributed by atoms with Gasteiger partial charge in [-0.3, -0.25) is 9.59 Å². The van der Waals surface area contributed by atoms with Gasteiger partial charge in [-0.05, 0) is 48.4 Å². The number of aliphatic hydroxyl groups excluding tert-OH is 2. The summed E-state index contributed by atoms with van der Waals surface area (Å²) in [4.78, 5) is 26.9. The lowest BCUT2D eigenvalue weighted by Gasteiger charge is -2.25. The Morgan fingerprint density at radius 3 is 2.60 bits per heavy atom.